The molecule has 0 fully saturated rings. The molecule has 94 valence electrons. The van der Waals surface area contributed by atoms with Gasteiger partial charge in [0.05, 0.1) is 5.02 Å². The van der Waals surface area contributed by atoms with Crippen LogP contribution in [0, 0.1) is 12.7 Å². The molecule has 1 aromatic carbocycles. The van der Waals surface area contributed by atoms with Gasteiger partial charge in [-0.05, 0) is 36.1 Å². The minimum atomic E-state index is -0.501. The number of nitrogens with two attached hydrogens (primary N) is 1. The SMILES string of the molecule is Cc1csc(C(=O)Nc2cc(N)cc(F)c2)c1Cl. The predicted molar refractivity (Wildman–Crippen MR) is 72.8 cm³/mol. The first-order valence-corrected chi connectivity index (χ1v) is 6.34. The highest BCUT2D eigenvalue weighted by Gasteiger charge is 2.15. The molecule has 0 aliphatic carbocycles. The Kier molecular flexibility index (Phi) is 3.54. The summed E-state index contributed by atoms with van der Waals surface area (Å²) in [4.78, 5) is 12.3. The van der Waals surface area contributed by atoms with Gasteiger partial charge in [0.15, 0.2) is 0 Å². The van der Waals surface area contributed by atoms with Crippen molar-refractivity contribution in [3.05, 3.63) is 44.9 Å². The zero-order valence-corrected chi connectivity index (χ0v) is 11.0. The van der Waals surface area contributed by atoms with Crippen LogP contribution in [0.15, 0.2) is 23.6 Å². The fourth-order valence-electron chi connectivity index (χ4n) is 1.46. The van der Waals surface area contributed by atoms with E-state index in [1.165, 1.54) is 29.5 Å². The molecule has 0 aliphatic rings. The summed E-state index contributed by atoms with van der Waals surface area (Å²) in [5.74, 6) is -0.873. The van der Waals surface area contributed by atoms with Gasteiger partial charge in [-0.1, -0.05) is 11.6 Å². The van der Waals surface area contributed by atoms with Crippen molar-refractivity contribution >= 4 is 40.2 Å². The van der Waals surface area contributed by atoms with Crippen LogP contribution >= 0.6 is 22.9 Å². The van der Waals surface area contributed by atoms with Gasteiger partial charge in [-0.15, -0.1) is 11.3 Å². The second-order valence-electron chi connectivity index (χ2n) is 3.79. The van der Waals surface area contributed by atoms with Gasteiger partial charge in [0.2, 0.25) is 0 Å². The highest BCUT2D eigenvalue weighted by atomic mass is 35.5. The van der Waals surface area contributed by atoms with Gasteiger partial charge in [-0.2, -0.15) is 0 Å². The molecule has 1 heterocycles. The lowest BCUT2D eigenvalue weighted by Crippen LogP contribution is -2.11. The van der Waals surface area contributed by atoms with Gasteiger partial charge >= 0.3 is 0 Å². The average molecular weight is 285 g/mol. The molecule has 0 atom stereocenters. The fourth-order valence-corrected chi connectivity index (χ4v) is 2.63. The van der Waals surface area contributed by atoms with Gasteiger partial charge in [-0.3, -0.25) is 4.79 Å². The molecular weight excluding hydrogens is 275 g/mol. The monoisotopic (exact) mass is 284 g/mol. The van der Waals surface area contributed by atoms with Gasteiger partial charge in [0, 0.05) is 11.4 Å². The Morgan fingerprint density at radius 3 is 2.72 bits per heavy atom. The summed E-state index contributed by atoms with van der Waals surface area (Å²) in [5.41, 5.74) is 6.89. The Hall–Kier alpha value is -1.59. The van der Waals surface area contributed by atoms with E-state index < -0.39 is 5.82 Å². The number of amides is 1. The average Bonchev–Trinajstić information content (AvgIpc) is 2.58. The van der Waals surface area contributed by atoms with Crippen LogP contribution in [0.4, 0.5) is 15.8 Å². The van der Waals surface area contributed by atoms with E-state index in [2.05, 4.69) is 5.32 Å². The maximum Gasteiger partial charge on any atom is 0.267 e. The van der Waals surface area contributed by atoms with Crippen molar-refractivity contribution < 1.29 is 9.18 Å². The lowest BCUT2D eigenvalue weighted by Gasteiger charge is -2.05. The highest BCUT2D eigenvalue weighted by molar-refractivity contribution is 7.13. The molecule has 0 saturated carbocycles. The van der Waals surface area contributed by atoms with Crippen LogP contribution < -0.4 is 11.1 Å². The minimum absolute atomic E-state index is 0.249. The van der Waals surface area contributed by atoms with Gasteiger partial charge in [-0.25, -0.2) is 4.39 Å². The van der Waals surface area contributed by atoms with Crippen LogP contribution in [0.1, 0.15) is 15.2 Å². The number of thiophene rings is 1. The second kappa shape index (κ2) is 4.96. The molecule has 2 aromatic rings. The quantitative estimate of drug-likeness (QED) is 0.827. The van der Waals surface area contributed by atoms with Gasteiger partial charge in [0.25, 0.3) is 5.91 Å². The molecule has 3 N–H and O–H groups in total. The Labute approximate surface area is 112 Å². The second-order valence-corrected chi connectivity index (χ2v) is 5.05. The van der Waals surface area contributed by atoms with Crippen LogP contribution in [-0.2, 0) is 0 Å². The normalized spacial score (nSPS) is 10.4. The molecule has 0 radical (unpaired) electrons. The maximum absolute atomic E-state index is 13.1. The summed E-state index contributed by atoms with van der Waals surface area (Å²) in [6.45, 7) is 1.82. The predicted octanol–water partition coefficient (Wildman–Crippen LogP) is 3.68. The zero-order chi connectivity index (χ0) is 13.3. The standard InChI is InChI=1S/C12H10ClFN2OS/c1-6-5-18-11(10(6)13)12(17)16-9-3-7(14)2-8(15)4-9/h2-5H,15H2,1H3,(H,16,17). The molecule has 0 bridgehead atoms. The van der Waals surface area contributed by atoms with Crippen LogP contribution in [-0.4, -0.2) is 5.91 Å². The van der Waals surface area contributed by atoms with E-state index in [1.807, 2.05) is 6.92 Å². The summed E-state index contributed by atoms with van der Waals surface area (Å²) >= 11 is 7.23. The smallest absolute Gasteiger partial charge is 0.267 e. The summed E-state index contributed by atoms with van der Waals surface area (Å²) < 4.78 is 13.1. The van der Waals surface area contributed by atoms with E-state index in [-0.39, 0.29) is 11.6 Å². The number of hydrogen-bond acceptors (Lipinski definition) is 3. The number of carbonyl (C=O) groups excluding carboxylic acids is 1. The third-order valence-corrected chi connectivity index (χ3v) is 3.98. The first kappa shape index (κ1) is 12.9. The largest absolute Gasteiger partial charge is 0.399 e. The summed E-state index contributed by atoms with van der Waals surface area (Å²) in [5, 5.41) is 4.77. The number of anilines is 2. The van der Waals surface area contributed by atoms with Crippen molar-refractivity contribution in [1.82, 2.24) is 0 Å². The third kappa shape index (κ3) is 2.63. The van der Waals surface area contributed by atoms with Gasteiger partial charge < -0.3 is 11.1 Å². The first-order chi connectivity index (χ1) is 8.47. The summed E-state index contributed by atoms with van der Waals surface area (Å²) in [7, 11) is 0. The molecular formula is C12H10ClFN2OS. The van der Waals surface area contributed by atoms with Crippen LogP contribution in [0.3, 0.4) is 0 Å². The van der Waals surface area contributed by atoms with Crippen molar-refractivity contribution in [1.29, 1.82) is 0 Å². The number of carbonyl (C=O) groups is 1. The van der Waals surface area contributed by atoms with Crippen molar-refractivity contribution in [2.75, 3.05) is 11.1 Å². The maximum atomic E-state index is 13.1. The third-order valence-electron chi connectivity index (χ3n) is 2.28. The minimum Gasteiger partial charge on any atom is -0.399 e. The number of nitrogens with one attached hydrogen (secondary N) is 1. The molecule has 18 heavy (non-hydrogen) atoms. The molecule has 6 heteroatoms. The van der Waals surface area contributed by atoms with Crippen LogP contribution in [0.25, 0.3) is 0 Å². The van der Waals surface area contributed by atoms with Crippen LogP contribution in [0.5, 0.6) is 0 Å². The van der Waals surface area contributed by atoms with E-state index in [4.69, 9.17) is 17.3 Å². The molecule has 0 unspecified atom stereocenters. The Bertz CT molecular complexity index is 592. The number of rotatable bonds is 2. The number of halogens is 2. The molecule has 0 aliphatic heterocycles. The molecule has 0 saturated heterocycles. The highest BCUT2D eigenvalue weighted by Crippen LogP contribution is 2.28. The lowest BCUT2D eigenvalue weighted by atomic mass is 10.2. The van der Waals surface area contributed by atoms with Crippen LogP contribution in [0.2, 0.25) is 5.02 Å². The van der Waals surface area contributed by atoms with E-state index in [1.54, 1.807) is 5.38 Å². The van der Waals surface area contributed by atoms with Crippen molar-refractivity contribution in [3.63, 3.8) is 0 Å². The Balaban J connectivity index is 2.24. The Morgan fingerprint density at radius 1 is 1.44 bits per heavy atom. The molecule has 0 spiro atoms. The number of hydrogen-bond donors (Lipinski definition) is 2. The molecule has 3 nitrogen and oxygen atoms in total. The molecule has 1 aromatic heterocycles. The van der Waals surface area contributed by atoms with E-state index in [0.29, 0.717) is 15.6 Å². The van der Waals surface area contributed by atoms with E-state index in [9.17, 15) is 9.18 Å². The number of benzene rings is 1. The van der Waals surface area contributed by atoms with Crippen molar-refractivity contribution in [2.24, 2.45) is 0 Å². The zero-order valence-electron chi connectivity index (χ0n) is 9.46. The molecule has 1 amide bonds. The lowest BCUT2D eigenvalue weighted by molar-refractivity contribution is 0.103. The van der Waals surface area contributed by atoms with E-state index in [0.717, 1.165) is 5.56 Å². The number of nitrogen functional groups attached to an aromatic ring is 1. The van der Waals surface area contributed by atoms with Gasteiger partial charge in [0.1, 0.15) is 10.7 Å². The number of aryl methyl sites for hydroxylation is 1. The van der Waals surface area contributed by atoms with Crippen molar-refractivity contribution in [2.45, 2.75) is 6.92 Å². The summed E-state index contributed by atoms with van der Waals surface area (Å²) in [6.07, 6.45) is 0. The van der Waals surface area contributed by atoms with E-state index >= 15 is 0 Å². The topological polar surface area (TPSA) is 55.1 Å². The van der Waals surface area contributed by atoms with Crippen molar-refractivity contribution in [3.8, 4) is 0 Å². The first-order valence-electron chi connectivity index (χ1n) is 5.08. The Morgan fingerprint density at radius 2 is 2.17 bits per heavy atom. The summed E-state index contributed by atoms with van der Waals surface area (Å²) in [6, 6.07) is 3.86. The fraction of sp³-hybridized carbons (Fsp3) is 0.0833. The molecule has 2 rings (SSSR count).